The number of aliphatic carboxylic acids is 1. The van der Waals surface area contributed by atoms with Gasteiger partial charge in [-0.3, -0.25) is 4.79 Å². The third-order valence-electron chi connectivity index (χ3n) is 3.16. The summed E-state index contributed by atoms with van der Waals surface area (Å²) >= 11 is 0. The molecule has 0 bridgehead atoms. The van der Waals surface area contributed by atoms with Gasteiger partial charge in [0.25, 0.3) is 0 Å². The van der Waals surface area contributed by atoms with Crippen molar-refractivity contribution in [2.75, 3.05) is 26.2 Å². The van der Waals surface area contributed by atoms with Crippen molar-refractivity contribution in [2.24, 2.45) is 11.3 Å². The minimum atomic E-state index is -0.744. The topological polar surface area (TPSA) is 60.8 Å². The molecule has 4 nitrogen and oxygen atoms in total. The lowest BCUT2D eigenvalue weighted by atomic mass is 9.90. The average Bonchev–Trinajstić information content (AvgIpc) is 2.18. The van der Waals surface area contributed by atoms with Crippen molar-refractivity contribution in [3.8, 4) is 0 Å². The molecule has 0 aromatic heterocycles. The first-order valence-corrected chi connectivity index (χ1v) is 5.52. The molecule has 2 N–H and O–H groups in total. The van der Waals surface area contributed by atoms with Gasteiger partial charge in [0.05, 0.1) is 5.41 Å². The molecule has 1 fully saturated rings. The van der Waals surface area contributed by atoms with E-state index in [-0.39, 0.29) is 6.61 Å². The molecule has 0 amide bonds. The van der Waals surface area contributed by atoms with Gasteiger partial charge in [0.15, 0.2) is 0 Å². The van der Waals surface area contributed by atoms with Crippen LogP contribution < -0.4 is 0 Å². The highest BCUT2D eigenvalue weighted by Crippen LogP contribution is 2.22. The van der Waals surface area contributed by atoms with Gasteiger partial charge in [-0.1, -0.05) is 0 Å². The van der Waals surface area contributed by atoms with Crippen LogP contribution in [0.4, 0.5) is 0 Å². The Balaban J connectivity index is 2.38. The second kappa shape index (κ2) is 4.94. The molecule has 88 valence electrons. The van der Waals surface area contributed by atoms with E-state index >= 15 is 0 Å². The van der Waals surface area contributed by atoms with Crippen LogP contribution in [0.15, 0.2) is 0 Å². The van der Waals surface area contributed by atoms with E-state index in [9.17, 15) is 4.79 Å². The average molecular weight is 215 g/mol. The number of carboxylic acids is 1. The summed E-state index contributed by atoms with van der Waals surface area (Å²) in [5.74, 6) is -0.332. The first-order valence-electron chi connectivity index (χ1n) is 5.52. The van der Waals surface area contributed by atoms with Crippen molar-refractivity contribution in [1.29, 1.82) is 0 Å². The quantitative estimate of drug-likeness (QED) is 0.728. The van der Waals surface area contributed by atoms with Crippen LogP contribution in [-0.2, 0) is 4.79 Å². The van der Waals surface area contributed by atoms with Crippen LogP contribution in [0.5, 0.6) is 0 Å². The van der Waals surface area contributed by atoms with E-state index in [0.717, 1.165) is 25.9 Å². The fraction of sp³-hybridized carbons (Fsp3) is 0.909. The number of rotatable bonds is 4. The molecule has 15 heavy (non-hydrogen) atoms. The first kappa shape index (κ1) is 12.5. The van der Waals surface area contributed by atoms with E-state index in [1.807, 2.05) is 0 Å². The van der Waals surface area contributed by atoms with Crippen LogP contribution >= 0.6 is 0 Å². The molecule has 1 rings (SSSR count). The van der Waals surface area contributed by atoms with Gasteiger partial charge in [-0.2, -0.15) is 0 Å². The SMILES string of the molecule is CC(C)(CN1CCC(CO)CC1)C(=O)O. The number of carbonyl (C=O) groups is 1. The Morgan fingerprint density at radius 3 is 2.33 bits per heavy atom. The summed E-state index contributed by atoms with van der Waals surface area (Å²) in [7, 11) is 0. The van der Waals surface area contributed by atoms with Crippen LogP contribution in [0.25, 0.3) is 0 Å². The zero-order chi connectivity index (χ0) is 11.5. The maximum atomic E-state index is 10.9. The standard InChI is InChI=1S/C11H21NO3/c1-11(2,10(14)15)8-12-5-3-9(7-13)4-6-12/h9,13H,3-8H2,1-2H3,(H,14,15). The zero-order valence-corrected chi connectivity index (χ0v) is 9.57. The van der Waals surface area contributed by atoms with Crippen LogP contribution in [-0.4, -0.2) is 47.3 Å². The Labute approximate surface area is 90.9 Å². The lowest BCUT2D eigenvalue weighted by Gasteiger charge is -2.35. The molecule has 0 radical (unpaired) electrons. The smallest absolute Gasteiger partial charge is 0.310 e. The van der Waals surface area contributed by atoms with Crippen molar-refractivity contribution in [3.05, 3.63) is 0 Å². The van der Waals surface area contributed by atoms with Crippen LogP contribution in [0.2, 0.25) is 0 Å². The molecular formula is C11H21NO3. The number of hydrogen-bond acceptors (Lipinski definition) is 3. The molecule has 0 aliphatic carbocycles. The first-order chi connectivity index (χ1) is 6.95. The second-order valence-corrected chi connectivity index (χ2v) is 5.09. The Kier molecular flexibility index (Phi) is 4.11. The summed E-state index contributed by atoms with van der Waals surface area (Å²) in [5.41, 5.74) is -0.675. The molecule has 0 aromatic rings. The number of aliphatic hydroxyl groups is 1. The van der Waals surface area contributed by atoms with E-state index in [1.165, 1.54) is 0 Å². The number of piperidine rings is 1. The summed E-state index contributed by atoms with van der Waals surface area (Å²) < 4.78 is 0. The van der Waals surface area contributed by atoms with Gasteiger partial charge < -0.3 is 15.1 Å². The Bertz CT molecular complexity index is 220. The fourth-order valence-electron chi connectivity index (χ4n) is 1.95. The van der Waals surface area contributed by atoms with Crippen LogP contribution in [0.3, 0.4) is 0 Å². The van der Waals surface area contributed by atoms with Crippen molar-refractivity contribution in [1.82, 2.24) is 4.90 Å². The largest absolute Gasteiger partial charge is 0.481 e. The minimum absolute atomic E-state index is 0.260. The van der Waals surface area contributed by atoms with Gasteiger partial charge in [-0.15, -0.1) is 0 Å². The third kappa shape index (κ3) is 3.47. The summed E-state index contributed by atoms with van der Waals surface area (Å²) in [6, 6.07) is 0. The molecule has 1 heterocycles. The molecule has 0 saturated carbocycles. The van der Waals surface area contributed by atoms with E-state index in [0.29, 0.717) is 12.5 Å². The van der Waals surface area contributed by atoms with E-state index in [1.54, 1.807) is 13.8 Å². The molecule has 0 spiro atoms. The monoisotopic (exact) mass is 215 g/mol. The van der Waals surface area contributed by atoms with Crippen molar-refractivity contribution in [2.45, 2.75) is 26.7 Å². The van der Waals surface area contributed by atoms with Crippen LogP contribution in [0.1, 0.15) is 26.7 Å². The molecule has 1 aliphatic heterocycles. The fourth-order valence-corrected chi connectivity index (χ4v) is 1.95. The van der Waals surface area contributed by atoms with Gasteiger partial charge in [-0.05, 0) is 45.7 Å². The van der Waals surface area contributed by atoms with Gasteiger partial charge >= 0.3 is 5.97 Å². The van der Waals surface area contributed by atoms with Gasteiger partial charge in [0, 0.05) is 13.2 Å². The highest BCUT2D eigenvalue weighted by molar-refractivity contribution is 5.73. The van der Waals surface area contributed by atoms with Crippen molar-refractivity contribution in [3.63, 3.8) is 0 Å². The van der Waals surface area contributed by atoms with Crippen molar-refractivity contribution < 1.29 is 15.0 Å². The van der Waals surface area contributed by atoms with Crippen molar-refractivity contribution >= 4 is 5.97 Å². The lowest BCUT2D eigenvalue weighted by molar-refractivity contribution is -0.148. The molecule has 0 aromatic carbocycles. The van der Waals surface area contributed by atoms with Gasteiger partial charge in [-0.25, -0.2) is 0 Å². The highest BCUT2D eigenvalue weighted by atomic mass is 16.4. The second-order valence-electron chi connectivity index (χ2n) is 5.09. The number of likely N-dealkylation sites (tertiary alicyclic amines) is 1. The summed E-state index contributed by atoms with van der Waals surface area (Å²) in [4.78, 5) is 13.1. The maximum Gasteiger partial charge on any atom is 0.310 e. The minimum Gasteiger partial charge on any atom is -0.481 e. The van der Waals surface area contributed by atoms with Gasteiger partial charge in [0.1, 0.15) is 0 Å². The lowest BCUT2D eigenvalue weighted by Crippen LogP contribution is -2.43. The zero-order valence-electron chi connectivity index (χ0n) is 9.57. The molecule has 0 unspecified atom stereocenters. The highest BCUT2D eigenvalue weighted by Gasteiger charge is 2.31. The third-order valence-corrected chi connectivity index (χ3v) is 3.16. The predicted octanol–water partition coefficient (Wildman–Crippen LogP) is 0.802. The van der Waals surface area contributed by atoms with E-state index < -0.39 is 11.4 Å². The number of aliphatic hydroxyl groups excluding tert-OH is 1. The van der Waals surface area contributed by atoms with Gasteiger partial charge in [0.2, 0.25) is 0 Å². The summed E-state index contributed by atoms with van der Waals surface area (Å²) in [5, 5.41) is 18.0. The molecule has 0 atom stereocenters. The Morgan fingerprint density at radius 2 is 1.93 bits per heavy atom. The maximum absolute atomic E-state index is 10.9. The van der Waals surface area contributed by atoms with E-state index in [2.05, 4.69) is 4.90 Å². The molecule has 1 aliphatic rings. The molecule has 1 saturated heterocycles. The summed E-state index contributed by atoms with van der Waals surface area (Å²) in [6.07, 6.45) is 1.96. The van der Waals surface area contributed by atoms with Crippen LogP contribution in [0, 0.1) is 11.3 Å². The normalized spacial score (nSPS) is 20.5. The molecule has 4 heteroatoms. The number of nitrogens with zero attached hydrogens (tertiary/aromatic N) is 1. The predicted molar refractivity (Wildman–Crippen MR) is 57.7 cm³/mol. The Morgan fingerprint density at radius 1 is 1.40 bits per heavy atom. The molecular weight excluding hydrogens is 194 g/mol. The summed E-state index contributed by atoms with van der Waals surface area (Å²) in [6.45, 7) is 6.18. The number of carboxylic acid groups (broad SMARTS) is 1. The van der Waals surface area contributed by atoms with E-state index in [4.69, 9.17) is 10.2 Å². The number of hydrogen-bond donors (Lipinski definition) is 2. The Hall–Kier alpha value is -0.610.